The van der Waals surface area contributed by atoms with E-state index in [1.165, 1.54) is 4.88 Å². The SMILES string of the molecule is CCNC(=NCc1cccc(OCC)c1)NCc1sc(C)nc1C.I. The number of aliphatic imine (C=N–C) groups is 1. The van der Waals surface area contributed by atoms with Crippen molar-refractivity contribution in [2.45, 2.75) is 40.8 Å². The van der Waals surface area contributed by atoms with Crippen LogP contribution in [0, 0.1) is 13.8 Å². The molecule has 0 radical (unpaired) electrons. The molecule has 7 heteroatoms. The summed E-state index contributed by atoms with van der Waals surface area (Å²) in [5.74, 6) is 1.70. The quantitative estimate of drug-likeness (QED) is 0.362. The molecule has 0 saturated heterocycles. The highest BCUT2D eigenvalue weighted by molar-refractivity contribution is 14.0. The van der Waals surface area contributed by atoms with Crippen molar-refractivity contribution in [2.24, 2.45) is 4.99 Å². The molecule has 0 aliphatic rings. The van der Waals surface area contributed by atoms with Crippen molar-refractivity contribution < 1.29 is 4.74 Å². The highest BCUT2D eigenvalue weighted by atomic mass is 127. The van der Waals surface area contributed by atoms with Crippen LogP contribution < -0.4 is 15.4 Å². The molecule has 2 N–H and O–H groups in total. The average molecular weight is 474 g/mol. The summed E-state index contributed by atoms with van der Waals surface area (Å²) in [6.07, 6.45) is 0. The van der Waals surface area contributed by atoms with Crippen LogP contribution in [0.5, 0.6) is 5.75 Å². The van der Waals surface area contributed by atoms with Gasteiger partial charge in [0.15, 0.2) is 5.96 Å². The van der Waals surface area contributed by atoms with E-state index < -0.39 is 0 Å². The van der Waals surface area contributed by atoms with Crippen molar-refractivity contribution in [3.8, 4) is 5.75 Å². The number of ether oxygens (including phenoxy) is 1. The third-order valence-corrected chi connectivity index (χ3v) is 4.46. The number of guanidine groups is 1. The molecule has 5 nitrogen and oxygen atoms in total. The first kappa shape index (κ1) is 21.7. The van der Waals surface area contributed by atoms with Crippen LogP contribution in [0.3, 0.4) is 0 Å². The Morgan fingerprint density at radius 3 is 2.68 bits per heavy atom. The van der Waals surface area contributed by atoms with E-state index in [0.29, 0.717) is 13.2 Å². The van der Waals surface area contributed by atoms with Crippen molar-refractivity contribution in [2.75, 3.05) is 13.2 Å². The molecule has 2 aromatic rings. The highest BCUT2D eigenvalue weighted by Crippen LogP contribution is 2.16. The van der Waals surface area contributed by atoms with Crippen LogP contribution in [0.4, 0.5) is 0 Å². The van der Waals surface area contributed by atoms with Gasteiger partial charge in [-0.25, -0.2) is 9.98 Å². The van der Waals surface area contributed by atoms with E-state index in [2.05, 4.69) is 33.6 Å². The largest absolute Gasteiger partial charge is 0.494 e. The Morgan fingerprint density at radius 1 is 1.24 bits per heavy atom. The lowest BCUT2D eigenvalue weighted by Crippen LogP contribution is -2.36. The predicted molar refractivity (Wildman–Crippen MR) is 116 cm³/mol. The summed E-state index contributed by atoms with van der Waals surface area (Å²) in [7, 11) is 0. The molecule has 25 heavy (non-hydrogen) atoms. The second kappa shape index (κ2) is 11.3. The van der Waals surface area contributed by atoms with Crippen LogP contribution in [0.15, 0.2) is 29.3 Å². The maximum atomic E-state index is 5.54. The number of aryl methyl sites for hydroxylation is 2. The van der Waals surface area contributed by atoms with Gasteiger partial charge in [-0.1, -0.05) is 12.1 Å². The fourth-order valence-electron chi connectivity index (χ4n) is 2.31. The van der Waals surface area contributed by atoms with E-state index in [1.54, 1.807) is 11.3 Å². The Kier molecular flexibility index (Phi) is 9.81. The van der Waals surface area contributed by atoms with Crippen LogP contribution in [0.25, 0.3) is 0 Å². The van der Waals surface area contributed by atoms with E-state index in [0.717, 1.165) is 41.1 Å². The Balaban J connectivity index is 0.00000312. The molecule has 0 unspecified atom stereocenters. The molecule has 0 atom stereocenters. The molecule has 0 fully saturated rings. The number of benzene rings is 1. The number of rotatable bonds is 7. The highest BCUT2D eigenvalue weighted by Gasteiger charge is 2.06. The minimum absolute atomic E-state index is 0. The Morgan fingerprint density at radius 2 is 2.04 bits per heavy atom. The normalized spacial score (nSPS) is 11.0. The Labute approximate surface area is 171 Å². The van der Waals surface area contributed by atoms with Gasteiger partial charge in [-0.3, -0.25) is 0 Å². The lowest BCUT2D eigenvalue weighted by molar-refractivity contribution is 0.340. The molecule has 1 aromatic carbocycles. The van der Waals surface area contributed by atoms with Gasteiger partial charge in [0, 0.05) is 11.4 Å². The third-order valence-electron chi connectivity index (χ3n) is 3.39. The number of thiazole rings is 1. The summed E-state index contributed by atoms with van der Waals surface area (Å²) in [5, 5.41) is 7.76. The van der Waals surface area contributed by atoms with Crippen molar-refractivity contribution in [1.29, 1.82) is 0 Å². The maximum absolute atomic E-state index is 5.54. The number of aromatic nitrogens is 1. The summed E-state index contributed by atoms with van der Waals surface area (Å²) >= 11 is 1.72. The van der Waals surface area contributed by atoms with Gasteiger partial charge in [-0.05, 0) is 45.4 Å². The Bertz CT molecular complexity index is 687. The smallest absolute Gasteiger partial charge is 0.191 e. The summed E-state index contributed by atoms with van der Waals surface area (Å²) < 4.78 is 5.54. The number of nitrogens with zero attached hydrogens (tertiary/aromatic N) is 2. The van der Waals surface area contributed by atoms with E-state index in [1.807, 2.05) is 39.0 Å². The maximum Gasteiger partial charge on any atom is 0.191 e. The summed E-state index contributed by atoms with van der Waals surface area (Å²) in [5.41, 5.74) is 2.22. The molecule has 138 valence electrons. The zero-order valence-electron chi connectivity index (χ0n) is 15.3. The van der Waals surface area contributed by atoms with Crippen molar-refractivity contribution in [3.05, 3.63) is 45.4 Å². The van der Waals surface area contributed by atoms with Crippen molar-refractivity contribution >= 4 is 41.3 Å². The molecular formula is C18H27IN4OS. The number of nitrogens with one attached hydrogen (secondary N) is 2. The van der Waals surface area contributed by atoms with E-state index in [9.17, 15) is 0 Å². The number of hydrogen-bond donors (Lipinski definition) is 2. The molecule has 0 saturated carbocycles. The summed E-state index contributed by atoms with van der Waals surface area (Å²) in [6, 6.07) is 8.06. The lowest BCUT2D eigenvalue weighted by Gasteiger charge is -2.11. The van der Waals surface area contributed by atoms with Crippen LogP contribution in [-0.4, -0.2) is 24.1 Å². The number of halogens is 1. The van der Waals surface area contributed by atoms with E-state index in [-0.39, 0.29) is 24.0 Å². The fourth-order valence-corrected chi connectivity index (χ4v) is 3.19. The first-order valence-corrected chi connectivity index (χ1v) is 9.10. The van der Waals surface area contributed by atoms with Gasteiger partial charge in [-0.2, -0.15) is 0 Å². The van der Waals surface area contributed by atoms with Gasteiger partial charge in [0.25, 0.3) is 0 Å². The summed E-state index contributed by atoms with van der Waals surface area (Å²) in [4.78, 5) is 10.4. The van der Waals surface area contributed by atoms with Crippen LogP contribution in [0.1, 0.15) is 35.0 Å². The average Bonchev–Trinajstić information content (AvgIpc) is 2.88. The number of hydrogen-bond acceptors (Lipinski definition) is 4. The molecule has 0 aliphatic carbocycles. The molecule has 1 aromatic heterocycles. The minimum atomic E-state index is 0. The molecule has 0 amide bonds. The molecular weight excluding hydrogens is 447 g/mol. The standard InChI is InChI=1S/C18H26N4OS.HI/c1-5-19-18(21-12-17-13(3)22-14(4)24-17)20-11-15-8-7-9-16(10-15)23-6-2;/h7-10H,5-6,11-12H2,1-4H3,(H2,19,20,21);1H. The second-order valence-corrected chi connectivity index (χ2v) is 6.66. The van der Waals surface area contributed by atoms with Gasteiger partial charge in [-0.15, -0.1) is 35.3 Å². The fraction of sp³-hybridized carbons (Fsp3) is 0.444. The van der Waals surface area contributed by atoms with Crippen LogP contribution in [-0.2, 0) is 13.1 Å². The van der Waals surface area contributed by atoms with Gasteiger partial charge < -0.3 is 15.4 Å². The minimum Gasteiger partial charge on any atom is -0.494 e. The topological polar surface area (TPSA) is 58.5 Å². The first-order valence-electron chi connectivity index (χ1n) is 8.29. The molecule has 1 heterocycles. The summed E-state index contributed by atoms with van der Waals surface area (Å²) in [6.45, 7) is 11.0. The van der Waals surface area contributed by atoms with Gasteiger partial charge >= 0.3 is 0 Å². The second-order valence-electron chi connectivity index (χ2n) is 5.37. The van der Waals surface area contributed by atoms with Gasteiger partial charge in [0.1, 0.15) is 5.75 Å². The molecule has 0 aliphatic heterocycles. The molecule has 2 rings (SSSR count). The van der Waals surface area contributed by atoms with Crippen molar-refractivity contribution in [1.82, 2.24) is 15.6 Å². The third kappa shape index (κ3) is 7.19. The van der Waals surface area contributed by atoms with Gasteiger partial charge in [0.05, 0.1) is 30.4 Å². The van der Waals surface area contributed by atoms with E-state index >= 15 is 0 Å². The monoisotopic (exact) mass is 474 g/mol. The predicted octanol–water partition coefficient (Wildman–Crippen LogP) is 4.03. The lowest BCUT2D eigenvalue weighted by atomic mass is 10.2. The zero-order valence-corrected chi connectivity index (χ0v) is 18.4. The van der Waals surface area contributed by atoms with Crippen LogP contribution in [0.2, 0.25) is 0 Å². The van der Waals surface area contributed by atoms with E-state index in [4.69, 9.17) is 4.74 Å². The van der Waals surface area contributed by atoms with Gasteiger partial charge in [0.2, 0.25) is 0 Å². The zero-order chi connectivity index (χ0) is 17.4. The van der Waals surface area contributed by atoms with Crippen molar-refractivity contribution in [3.63, 3.8) is 0 Å². The van der Waals surface area contributed by atoms with Crippen LogP contribution >= 0.6 is 35.3 Å². The molecule has 0 spiro atoms. The molecule has 0 bridgehead atoms. The first-order chi connectivity index (χ1) is 11.6. The Hall–Kier alpha value is -1.35.